The van der Waals surface area contributed by atoms with Gasteiger partial charge < -0.3 is 9.52 Å². The zero-order valence-corrected chi connectivity index (χ0v) is 18.9. The van der Waals surface area contributed by atoms with Gasteiger partial charge >= 0.3 is 5.63 Å². The van der Waals surface area contributed by atoms with Crippen molar-refractivity contribution in [1.29, 1.82) is 0 Å². The molecule has 5 aromatic rings. The van der Waals surface area contributed by atoms with Gasteiger partial charge in [-0.3, -0.25) is 4.99 Å². The number of aliphatic imine (C=N–C) groups is 1. The molecule has 0 saturated carbocycles. The number of para-hydroxylation sites is 1. The monoisotopic (exact) mass is 465 g/mol. The minimum absolute atomic E-state index is 0.137. The third-order valence-corrected chi connectivity index (χ3v) is 5.96. The molecule has 0 saturated heterocycles. The average Bonchev–Trinajstić information content (AvgIpc) is 2.85. The van der Waals surface area contributed by atoms with Crippen molar-refractivity contribution in [2.24, 2.45) is 4.99 Å². The predicted molar refractivity (Wildman–Crippen MR) is 138 cm³/mol. The van der Waals surface area contributed by atoms with Crippen LogP contribution in [0.1, 0.15) is 16.7 Å². The fraction of sp³-hybridized carbons (Fsp3) is 0.0345. The lowest BCUT2D eigenvalue weighted by Gasteiger charge is -2.07. The van der Waals surface area contributed by atoms with Gasteiger partial charge in [0.15, 0.2) is 0 Å². The van der Waals surface area contributed by atoms with Crippen molar-refractivity contribution >= 4 is 34.5 Å². The highest BCUT2D eigenvalue weighted by molar-refractivity contribution is 6.31. The van der Waals surface area contributed by atoms with Crippen molar-refractivity contribution in [3.63, 3.8) is 0 Å². The van der Waals surface area contributed by atoms with Crippen molar-refractivity contribution in [1.82, 2.24) is 0 Å². The van der Waals surface area contributed by atoms with Crippen LogP contribution in [-0.2, 0) is 6.42 Å². The third kappa shape index (κ3) is 4.63. The Bertz CT molecular complexity index is 1590. The molecule has 1 N–H and O–H groups in total. The standard InChI is InChI=1S/C29H20ClNO3/c30-26-10-3-1-6-21(26)14-19-12-13-27(32)23(15-19)18-31-24-9-5-8-20(16-24)25-17-22-7-2-4-11-28(22)34-29(25)33/h1-13,15-18,32H,14H2. The maximum Gasteiger partial charge on any atom is 0.344 e. The zero-order chi connectivity index (χ0) is 23.5. The Morgan fingerprint density at radius 3 is 2.59 bits per heavy atom. The number of phenols is 1. The van der Waals surface area contributed by atoms with E-state index in [4.69, 9.17) is 16.0 Å². The highest BCUT2D eigenvalue weighted by Gasteiger charge is 2.09. The first-order chi connectivity index (χ1) is 16.6. The Labute approximate surface area is 201 Å². The molecule has 34 heavy (non-hydrogen) atoms. The van der Waals surface area contributed by atoms with Crippen LogP contribution in [0.25, 0.3) is 22.1 Å². The number of hydrogen-bond acceptors (Lipinski definition) is 4. The number of phenolic OH excluding ortho intramolecular Hbond substituents is 1. The summed E-state index contributed by atoms with van der Waals surface area (Å²) in [6, 6.07) is 29.7. The van der Waals surface area contributed by atoms with Crippen LogP contribution in [0.5, 0.6) is 5.75 Å². The first kappa shape index (κ1) is 21.7. The fourth-order valence-corrected chi connectivity index (χ4v) is 4.04. The molecule has 0 radical (unpaired) electrons. The van der Waals surface area contributed by atoms with Crippen molar-refractivity contribution < 1.29 is 9.52 Å². The van der Waals surface area contributed by atoms with Crippen molar-refractivity contribution in [3.8, 4) is 16.9 Å². The maximum absolute atomic E-state index is 12.5. The molecule has 4 aromatic carbocycles. The number of hydrogen-bond donors (Lipinski definition) is 1. The summed E-state index contributed by atoms with van der Waals surface area (Å²) in [6.45, 7) is 0. The minimum Gasteiger partial charge on any atom is -0.507 e. The van der Waals surface area contributed by atoms with Crippen LogP contribution in [0.2, 0.25) is 5.02 Å². The van der Waals surface area contributed by atoms with Crippen LogP contribution in [0.3, 0.4) is 0 Å². The molecule has 0 amide bonds. The third-order valence-electron chi connectivity index (χ3n) is 5.60. The summed E-state index contributed by atoms with van der Waals surface area (Å²) in [4.78, 5) is 17.1. The van der Waals surface area contributed by atoms with Gasteiger partial charge in [-0.1, -0.05) is 66.2 Å². The summed E-state index contributed by atoms with van der Waals surface area (Å²) in [5, 5.41) is 11.9. The summed E-state index contributed by atoms with van der Waals surface area (Å²) in [5.41, 5.74) is 4.61. The lowest BCUT2D eigenvalue weighted by molar-refractivity contribution is 0.474. The molecule has 4 nitrogen and oxygen atoms in total. The number of benzene rings is 4. The smallest absolute Gasteiger partial charge is 0.344 e. The molecule has 0 fully saturated rings. The average molecular weight is 466 g/mol. The van der Waals surface area contributed by atoms with Crippen LogP contribution in [0, 0.1) is 0 Å². The summed E-state index contributed by atoms with van der Waals surface area (Å²) in [7, 11) is 0. The van der Waals surface area contributed by atoms with Crippen LogP contribution in [0.15, 0.2) is 111 Å². The molecule has 1 heterocycles. The van der Waals surface area contributed by atoms with Crippen molar-refractivity contribution in [2.45, 2.75) is 6.42 Å². The molecule has 0 bridgehead atoms. The Balaban J connectivity index is 1.44. The Hall–Kier alpha value is -4.15. The first-order valence-corrected chi connectivity index (χ1v) is 11.2. The molecular formula is C29H20ClNO3. The number of rotatable bonds is 5. The van der Waals surface area contributed by atoms with Gasteiger partial charge in [0.05, 0.1) is 11.3 Å². The van der Waals surface area contributed by atoms with E-state index in [0.717, 1.165) is 16.5 Å². The van der Waals surface area contributed by atoms with Crippen LogP contribution in [0.4, 0.5) is 5.69 Å². The second kappa shape index (κ2) is 9.38. The Morgan fingerprint density at radius 1 is 0.882 bits per heavy atom. The van der Waals surface area contributed by atoms with Gasteiger partial charge in [-0.2, -0.15) is 0 Å². The van der Waals surface area contributed by atoms with E-state index in [-0.39, 0.29) is 5.75 Å². The molecule has 0 aliphatic carbocycles. The van der Waals surface area contributed by atoms with Gasteiger partial charge in [0.1, 0.15) is 11.3 Å². The lowest BCUT2D eigenvalue weighted by Crippen LogP contribution is -2.02. The second-order valence-corrected chi connectivity index (χ2v) is 8.36. The molecule has 0 aliphatic rings. The summed E-state index contributed by atoms with van der Waals surface area (Å²) >= 11 is 6.29. The number of nitrogens with zero attached hydrogens (tertiary/aromatic N) is 1. The highest BCUT2D eigenvalue weighted by atomic mass is 35.5. The molecule has 0 atom stereocenters. The van der Waals surface area contributed by atoms with Gasteiger partial charge in [0, 0.05) is 22.2 Å². The number of halogens is 1. The predicted octanol–water partition coefficient (Wildman–Crippen LogP) is 7.16. The summed E-state index contributed by atoms with van der Waals surface area (Å²) in [6.07, 6.45) is 2.27. The second-order valence-electron chi connectivity index (χ2n) is 7.96. The lowest BCUT2D eigenvalue weighted by atomic mass is 10.0. The molecule has 5 heteroatoms. The Morgan fingerprint density at radius 2 is 1.71 bits per heavy atom. The quantitative estimate of drug-likeness (QED) is 0.221. The highest BCUT2D eigenvalue weighted by Crippen LogP contribution is 2.26. The van der Waals surface area contributed by atoms with E-state index in [1.54, 1.807) is 18.3 Å². The van der Waals surface area contributed by atoms with Gasteiger partial charge in [0.25, 0.3) is 0 Å². The van der Waals surface area contributed by atoms with E-state index in [1.165, 1.54) is 0 Å². The van der Waals surface area contributed by atoms with Crippen molar-refractivity contribution in [3.05, 3.63) is 129 Å². The molecule has 5 rings (SSSR count). The number of aromatic hydroxyl groups is 1. The van der Waals surface area contributed by atoms with Gasteiger partial charge in [-0.05, 0) is 65.6 Å². The summed E-state index contributed by atoms with van der Waals surface area (Å²) < 4.78 is 5.47. The molecule has 166 valence electrons. The van der Waals surface area contributed by atoms with Crippen molar-refractivity contribution in [2.75, 3.05) is 0 Å². The van der Waals surface area contributed by atoms with E-state index in [1.807, 2.05) is 84.9 Å². The van der Waals surface area contributed by atoms with E-state index < -0.39 is 5.63 Å². The van der Waals surface area contributed by atoms with Crippen LogP contribution >= 0.6 is 11.6 Å². The Kier molecular flexibility index (Phi) is 5.98. The molecule has 0 unspecified atom stereocenters. The molecule has 0 aliphatic heterocycles. The fourth-order valence-electron chi connectivity index (χ4n) is 3.84. The van der Waals surface area contributed by atoms with Gasteiger partial charge in [0.2, 0.25) is 0 Å². The topological polar surface area (TPSA) is 62.8 Å². The molecular weight excluding hydrogens is 446 g/mol. The number of fused-ring (bicyclic) bond motifs is 1. The summed E-state index contributed by atoms with van der Waals surface area (Å²) in [5.74, 6) is 0.137. The van der Waals surface area contributed by atoms with E-state index in [9.17, 15) is 9.90 Å². The minimum atomic E-state index is -0.398. The normalized spacial score (nSPS) is 11.3. The van der Waals surface area contributed by atoms with E-state index in [0.29, 0.717) is 39.4 Å². The van der Waals surface area contributed by atoms with E-state index in [2.05, 4.69) is 4.99 Å². The zero-order valence-electron chi connectivity index (χ0n) is 18.1. The maximum atomic E-state index is 12.5. The SMILES string of the molecule is O=c1oc2ccccc2cc1-c1cccc(N=Cc2cc(Cc3ccccc3Cl)ccc2O)c1. The van der Waals surface area contributed by atoms with Gasteiger partial charge in [-0.15, -0.1) is 0 Å². The molecule has 1 aromatic heterocycles. The van der Waals surface area contributed by atoms with Crippen LogP contribution < -0.4 is 5.63 Å². The van der Waals surface area contributed by atoms with Gasteiger partial charge in [-0.25, -0.2) is 4.79 Å². The van der Waals surface area contributed by atoms with E-state index >= 15 is 0 Å². The van der Waals surface area contributed by atoms with Crippen LogP contribution in [-0.4, -0.2) is 11.3 Å². The largest absolute Gasteiger partial charge is 0.507 e. The molecule has 0 spiro atoms. The first-order valence-electron chi connectivity index (χ1n) is 10.8.